The Bertz CT molecular complexity index is 1310. The summed E-state index contributed by atoms with van der Waals surface area (Å²) in [6.45, 7) is 6.31. The highest BCUT2D eigenvalue weighted by molar-refractivity contribution is 5.69. The van der Waals surface area contributed by atoms with Crippen LogP contribution in [0.1, 0.15) is 30.4 Å². The number of rotatable bonds is 14. The van der Waals surface area contributed by atoms with Gasteiger partial charge in [-0.3, -0.25) is 9.88 Å². The zero-order valence-electron chi connectivity index (χ0n) is 26.4. The summed E-state index contributed by atoms with van der Waals surface area (Å²) >= 11 is 0. The van der Waals surface area contributed by atoms with Gasteiger partial charge in [0, 0.05) is 31.4 Å². The Kier molecular flexibility index (Phi) is 11.9. The predicted octanol–water partition coefficient (Wildman–Crippen LogP) is 5.80. The van der Waals surface area contributed by atoms with Crippen LogP contribution in [-0.2, 0) is 6.54 Å². The molecule has 9 nitrogen and oxygen atoms in total. The summed E-state index contributed by atoms with van der Waals surface area (Å²) in [5.41, 5.74) is 4.08. The van der Waals surface area contributed by atoms with Gasteiger partial charge in [-0.15, -0.1) is 0 Å². The molecule has 3 aromatic rings. The second kappa shape index (κ2) is 16.0. The van der Waals surface area contributed by atoms with Crippen LogP contribution in [0, 0.1) is 0 Å². The number of hydrogen-bond acceptors (Lipinski definition) is 9. The SMILES string of the molecule is COc1cc(C=CCCCN2CCCN(Cc3ccnc(-c4cc(OC)c(OC)c(OC)c4)c3)CC2)cc(OC)c1OC. The average molecular weight is 592 g/mol. The van der Waals surface area contributed by atoms with Crippen molar-refractivity contribution in [2.45, 2.75) is 25.8 Å². The third kappa shape index (κ3) is 8.33. The van der Waals surface area contributed by atoms with Gasteiger partial charge < -0.3 is 33.3 Å². The first kappa shape index (κ1) is 32.0. The van der Waals surface area contributed by atoms with E-state index in [2.05, 4.69) is 39.1 Å². The summed E-state index contributed by atoms with van der Waals surface area (Å²) in [6.07, 6.45) is 9.51. The second-order valence-corrected chi connectivity index (χ2v) is 10.4. The fourth-order valence-corrected chi connectivity index (χ4v) is 5.47. The number of aromatic nitrogens is 1. The molecule has 0 saturated carbocycles. The summed E-state index contributed by atoms with van der Waals surface area (Å²) < 4.78 is 32.9. The first-order chi connectivity index (χ1) is 21.0. The van der Waals surface area contributed by atoms with Gasteiger partial charge in [-0.1, -0.05) is 12.2 Å². The van der Waals surface area contributed by atoms with Gasteiger partial charge in [0.25, 0.3) is 0 Å². The van der Waals surface area contributed by atoms with Crippen LogP contribution in [0.4, 0.5) is 0 Å². The normalized spacial score (nSPS) is 14.4. The maximum atomic E-state index is 5.54. The first-order valence-corrected chi connectivity index (χ1v) is 14.7. The minimum absolute atomic E-state index is 0.577. The molecule has 2 aromatic carbocycles. The molecular weight excluding hydrogens is 546 g/mol. The van der Waals surface area contributed by atoms with E-state index in [4.69, 9.17) is 28.4 Å². The lowest BCUT2D eigenvalue weighted by Crippen LogP contribution is -2.31. The maximum Gasteiger partial charge on any atom is 0.203 e. The number of methoxy groups -OCH3 is 6. The zero-order chi connectivity index (χ0) is 30.6. The van der Waals surface area contributed by atoms with E-state index >= 15 is 0 Å². The highest BCUT2D eigenvalue weighted by Crippen LogP contribution is 2.41. The molecular formula is C34H45N3O6. The van der Waals surface area contributed by atoms with E-state index in [1.807, 2.05) is 30.5 Å². The monoisotopic (exact) mass is 591 g/mol. The van der Waals surface area contributed by atoms with Crippen LogP contribution in [0.25, 0.3) is 17.3 Å². The van der Waals surface area contributed by atoms with E-state index in [-0.39, 0.29) is 0 Å². The van der Waals surface area contributed by atoms with Crippen molar-refractivity contribution in [1.29, 1.82) is 0 Å². The number of benzene rings is 2. The van der Waals surface area contributed by atoms with Crippen molar-refractivity contribution in [3.05, 3.63) is 59.8 Å². The Labute approximate surface area is 255 Å². The standard InChI is InChI=1S/C34H45N3O6/c1-38-29-20-25(21-30(39-2)33(29)42-5)11-8-7-9-14-36-15-10-16-37(18-17-36)24-26-12-13-35-28(19-26)27-22-31(40-3)34(43-6)32(23-27)41-4/h8,11-13,19-23H,7,9-10,14-18,24H2,1-6H3. The molecule has 0 unspecified atom stereocenters. The zero-order valence-corrected chi connectivity index (χ0v) is 26.4. The summed E-state index contributed by atoms with van der Waals surface area (Å²) in [5.74, 6) is 3.76. The molecule has 0 radical (unpaired) electrons. The van der Waals surface area contributed by atoms with Crippen molar-refractivity contribution in [1.82, 2.24) is 14.8 Å². The van der Waals surface area contributed by atoms with E-state index in [0.29, 0.717) is 34.5 Å². The molecule has 4 rings (SSSR count). The minimum Gasteiger partial charge on any atom is -0.493 e. The van der Waals surface area contributed by atoms with Crippen LogP contribution in [0.2, 0.25) is 0 Å². The highest BCUT2D eigenvalue weighted by atomic mass is 16.5. The Morgan fingerprint density at radius 1 is 0.698 bits per heavy atom. The molecule has 0 atom stereocenters. The molecule has 1 aliphatic heterocycles. The molecule has 1 fully saturated rings. The van der Waals surface area contributed by atoms with Gasteiger partial charge in [-0.25, -0.2) is 0 Å². The van der Waals surface area contributed by atoms with E-state index < -0.39 is 0 Å². The molecule has 2 heterocycles. The largest absolute Gasteiger partial charge is 0.493 e. The number of unbranched alkanes of at least 4 members (excludes halogenated alkanes) is 1. The molecule has 0 amide bonds. The minimum atomic E-state index is 0.577. The van der Waals surface area contributed by atoms with Crippen LogP contribution in [0.5, 0.6) is 34.5 Å². The van der Waals surface area contributed by atoms with Gasteiger partial charge in [0.05, 0.1) is 48.4 Å². The number of ether oxygens (including phenoxy) is 6. The molecule has 1 saturated heterocycles. The molecule has 1 aliphatic rings. The Morgan fingerprint density at radius 2 is 1.28 bits per heavy atom. The topological polar surface area (TPSA) is 74.8 Å². The summed E-state index contributed by atoms with van der Waals surface area (Å²) in [5, 5.41) is 0. The third-order valence-corrected chi connectivity index (χ3v) is 7.71. The van der Waals surface area contributed by atoms with Crippen LogP contribution < -0.4 is 28.4 Å². The number of nitrogens with zero attached hydrogens (tertiary/aromatic N) is 3. The smallest absolute Gasteiger partial charge is 0.203 e. The lowest BCUT2D eigenvalue weighted by atomic mass is 10.1. The molecule has 43 heavy (non-hydrogen) atoms. The van der Waals surface area contributed by atoms with Crippen molar-refractivity contribution in [3.8, 4) is 45.8 Å². The average Bonchev–Trinajstić information content (AvgIpc) is 3.28. The van der Waals surface area contributed by atoms with Crippen molar-refractivity contribution < 1.29 is 28.4 Å². The van der Waals surface area contributed by atoms with Gasteiger partial charge in [0.2, 0.25) is 11.5 Å². The quantitative estimate of drug-likeness (QED) is 0.216. The van der Waals surface area contributed by atoms with Gasteiger partial charge >= 0.3 is 0 Å². The van der Waals surface area contributed by atoms with Crippen molar-refractivity contribution in [2.75, 3.05) is 75.4 Å². The van der Waals surface area contributed by atoms with Crippen molar-refractivity contribution in [2.24, 2.45) is 0 Å². The third-order valence-electron chi connectivity index (χ3n) is 7.71. The fourth-order valence-electron chi connectivity index (χ4n) is 5.47. The lowest BCUT2D eigenvalue weighted by molar-refractivity contribution is 0.250. The van der Waals surface area contributed by atoms with Gasteiger partial charge in [-0.05, 0) is 86.4 Å². The molecule has 0 spiro atoms. The summed E-state index contributed by atoms with van der Waals surface area (Å²) in [7, 11) is 9.76. The summed E-state index contributed by atoms with van der Waals surface area (Å²) in [4.78, 5) is 9.76. The summed E-state index contributed by atoms with van der Waals surface area (Å²) in [6, 6.07) is 12.1. The molecule has 9 heteroatoms. The second-order valence-electron chi connectivity index (χ2n) is 10.4. The first-order valence-electron chi connectivity index (χ1n) is 14.7. The van der Waals surface area contributed by atoms with E-state index in [0.717, 1.165) is 75.4 Å². The van der Waals surface area contributed by atoms with E-state index in [1.54, 1.807) is 42.7 Å². The van der Waals surface area contributed by atoms with Crippen molar-refractivity contribution in [3.63, 3.8) is 0 Å². The van der Waals surface area contributed by atoms with Crippen molar-refractivity contribution >= 4 is 6.08 Å². The van der Waals surface area contributed by atoms with Gasteiger partial charge in [0.1, 0.15) is 0 Å². The molecule has 0 aliphatic carbocycles. The molecule has 232 valence electrons. The van der Waals surface area contributed by atoms with Gasteiger partial charge in [0.15, 0.2) is 23.0 Å². The van der Waals surface area contributed by atoms with E-state index in [9.17, 15) is 0 Å². The Morgan fingerprint density at radius 3 is 1.88 bits per heavy atom. The van der Waals surface area contributed by atoms with Crippen LogP contribution in [0.3, 0.4) is 0 Å². The van der Waals surface area contributed by atoms with Crippen LogP contribution in [0.15, 0.2) is 48.7 Å². The van der Waals surface area contributed by atoms with Gasteiger partial charge in [-0.2, -0.15) is 0 Å². The highest BCUT2D eigenvalue weighted by Gasteiger charge is 2.17. The molecule has 1 aromatic heterocycles. The number of pyridine rings is 1. The van der Waals surface area contributed by atoms with Crippen LogP contribution >= 0.6 is 0 Å². The van der Waals surface area contributed by atoms with Crippen LogP contribution in [-0.4, -0.2) is 90.2 Å². The Balaban J connectivity index is 1.29. The maximum absolute atomic E-state index is 5.54. The predicted molar refractivity (Wildman–Crippen MR) is 170 cm³/mol. The van der Waals surface area contributed by atoms with E-state index in [1.165, 1.54) is 5.56 Å². The number of allylic oxidation sites excluding steroid dienone is 1. The lowest BCUT2D eigenvalue weighted by Gasteiger charge is -2.22. The Hall–Kier alpha value is -3.95. The molecule has 0 N–H and O–H groups in total. The molecule has 0 bridgehead atoms. The number of hydrogen-bond donors (Lipinski definition) is 0. The fraction of sp³-hybridized carbons (Fsp3) is 0.441.